The van der Waals surface area contributed by atoms with E-state index in [0.29, 0.717) is 28.4 Å². The van der Waals surface area contributed by atoms with Crippen molar-refractivity contribution in [2.45, 2.75) is 45.6 Å². The van der Waals surface area contributed by atoms with E-state index in [1.54, 1.807) is 0 Å². The largest absolute Gasteiger partial charge is 0.368 e. The molecule has 6 heteroatoms. The number of piperazine rings is 1. The van der Waals surface area contributed by atoms with Crippen LogP contribution in [-0.4, -0.2) is 49.6 Å². The smallest absolute Gasteiger partial charge is 0.220 e. The van der Waals surface area contributed by atoms with Gasteiger partial charge in [-0.05, 0) is 49.8 Å². The van der Waals surface area contributed by atoms with Crippen LogP contribution in [0.4, 0.5) is 5.69 Å². The van der Waals surface area contributed by atoms with Crippen molar-refractivity contribution in [3.8, 4) is 0 Å². The number of carbonyl (C=O) groups excluding carboxylic acids is 1. The number of benzene rings is 1. The first-order valence-electron chi connectivity index (χ1n) is 10.1. The summed E-state index contributed by atoms with van der Waals surface area (Å²) in [6, 6.07) is 6.25. The number of nitrogens with zero attached hydrogens (tertiary/aromatic N) is 2. The summed E-state index contributed by atoms with van der Waals surface area (Å²) in [6.45, 7) is 9.41. The standard InChI is InChI=1S/C21H31Cl2N3O/c1-15(2)12-20(27)24-17-13-16(14-17)6-7-25-8-10-26(11-9-25)19-5-3-4-18(22)21(19)23/h3-5,15-17H,6-14H2,1-2H3,(H,24,27). The highest BCUT2D eigenvalue weighted by atomic mass is 35.5. The lowest BCUT2D eigenvalue weighted by Crippen LogP contribution is -2.48. The van der Waals surface area contributed by atoms with E-state index in [2.05, 4.69) is 29.0 Å². The molecule has 0 atom stereocenters. The third-order valence-electron chi connectivity index (χ3n) is 5.69. The van der Waals surface area contributed by atoms with Crippen LogP contribution in [0.25, 0.3) is 0 Å². The van der Waals surface area contributed by atoms with Gasteiger partial charge < -0.3 is 10.2 Å². The van der Waals surface area contributed by atoms with E-state index >= 15 is 0 Å². The molecule has 1 saturated heterocycles. The third-order valence-corrected chi connectivity index (χ3v) is 6.50. The van der Waals surface area contributed by atoms with Gasteiger partial charge in [-0.15, -0.1) is 0 Å². The second kappa shape index (κ2) is 9.49. The molecule has 2 fully saturated rings. The van der Waals surface area contributed by atoms with Crippen LogP contribution < -0.4 is 10.2 Å². The minimum Gasteiger partial charge on any atom is -0.368 e. The molecular formula is C21H31Cl2N3O. The van der Waals surface area contributed by atoms with E-state index in [9.17, 15) is 4.79 Å². The van der Waals surface area contributed by atoms with Crippen molar-refractivity contribution >= 4 is 34.8 Å². The number of amides is 1. The average Bonchev–Trinajstić information content (AvgIpc) is 2.59. The predicted molar refractivity (Wildman–Crippen MR) is 114 cm³/mol. The van der Waals surface area contributed by atoms with E-state index in [1.807, 2.05) is 18.2 Å². The number of hydrogen-bond acceptors (Lipinski definition) is 3. The summed E-state index contributed by atoms with van der Waals surface area (Å²) in [5, 5.41) is 4.45. The Morgan fingerprint density at radius 3 is 2.56 bits per heavy atom. The number of halogens is 2. The van der Waals surface area contributed by atoms with Crippen LogP contribution in [0.15, 0.2) is 18.2 Å². The monoisotopic (exact) mass is 411 g/mol. The molecule has 0 bridgehead atoms. The Hall–Kier alpha value is -0.970. The van der Waals surface area contributed by atoms with Crippen molar-refractivity contribution in [1.29, 1.82) is 0 Å². The molecular weight excluding hydrogens is 381 g/mol. The van der Waals surface area contributed by atoms with E-state index < -0.39 is 0 Å². The Morgan fingerprint density at radius 1 is 1.19 bits per heavy atom. The summed E-state index contributed by atoms with van der Waals surface area (Å²) in [5.41, 5.74) is 1.04. The van der Waals surface area contributed by atoms with Gasteiger partial charge in [0, 0.05) is 38.6 Å². The van der Waals surface area contributed by atoms with Crippen LogP contribution in [0.2, 0.25) is 10.0 Å². The highest BCUT2D eigenvalue weighted by Gasteiger charge is 2.30. The summed E-state index contributed by atoms with van der Waals surface area (Å²) in [7, 11) is 0. The van der Waals surface area contributed by atoms with Gasteiger partial charge >= 0.3 is 0 Å². The van der Waals surface area contributed by atoms with Crippen LogP contribution in [0, 0.1) is 11.8 Å². The number of anilines is 1. The molecule has 0 aromatic heterocycles. The average molecular weight is 412 g/mol. The molecule has 150 valence electrons. The first-order chi connectivity index (χ1) is 12.9. The molecule has 1 aliphatic heterocycles. The predicted octanol–water partition coefficient (Wildman–Crippen LogP) is 4.45. The van der Waals surface area contributed by atoms with Gasteiger partial charge in [0.25, 0.3) is 0 Å². The Morgan fingerprint density at radius 2 is 1.89 bits per heavy atom. The van der Waals surface area contributed by atoms with Crippen molar-refractivity contribution in [1.82, 2.24) is 10.2 Å². The van der Waals surface area contributed by atoms with Crippen LogP contribution in [-0.2, 0) is 4.79 Å². The lowest BCUT2D eigenvalue weighted by molar-refractivity contribution is -0.123. The third kappa shape index (κ3) is 5.75. The maximum Gasteiger partial charge on any atom is 0.220 e. The molecule has 1 saturated carbocycles. The maximum atomic E-state index is 11.8. The molecule has 1 N–H and O–H groups in total. The second-order valence-corrected chi connectivity index (χ2v) is 9.18. The minimum atomic E-state index is 0.212. The molecule has 0 unspecified atom stereocenters. The summed E-state index contributed by atoms with van der Waals surface area (Å²) >= 11 is 12.5. The molecule has 1 aromatic rings. The highest BCUT2D eigenvalue weighted by Crippen LogP contribution is 2.33. The second-order valence-electron chi connectivity index (χ2n) is 8.39. The molecule has 4 nitrogen and oxygen atoms in total. The van der Waals surface area contributed by atoms with Crippen molar-refractivity contribution in [3.05, 3.63) is 28.2 Å². The molecule has 27 heavy (non-hydrogen) atoms. The van der Waals surface area contributed by atoms with E-state index in [-0.39, 0.29) is 5.91 Å². The Balaban J connectivity index is 1.33. The van der Waals surface area contributed by atoms with Gasteiger partial charge in [-0.2, -0.15) is 0 Å². The quantitative estimate of drug-likeness (QED) is 0.719. The lowest BCUT2D eigenvalue weighted by Gasteiger charge is -2.40. The Kier molecular flexibility index (Phi) is 7.29. The van der Waals surface area contributed by atoms with Crippen LogP contribution in [0.3, 0.4) is 0 Å². The topological polar surface area (TPSA) is 35.6 Å². The van der Waals surface area contributed by atoms with Gasteiger partial charge in [-0.1, -0.05) is 43.1 Å². The zero-order chi connectivity index (χ0) is 19.4. The normalized spacial score (nSPS) is 23.4. The highest BCUT2D eigenvalue weighted by molar-refractivity contribution is 6.43. The summed E-state index contributed by atoms with van der Waals surface area (Å²) in [4.78, 5) is 16.7. The Labute approximate surface area is 173 Å². The number of nitrogens with one attached hydrogen (secondary N) is 1. The van der Waals surface area contributed by atoms with Crippen molar-refractivity contribution in [2.75, 3.05) is 37.6 Å². The van der Waals surface area contributed by atoms with E-state index in [0.717, 1.165) is 57.2 Å². The SMILES string of the molecule is CC(C)CC(=O)NC1CC(CCN2CCN(c3cccc(Cl)c3Cl)CC2)C1. The summed E-state index contributed by atoms with van der Waals surface area (Å²) < 4.78 is 0. The summed E-state index contributed by atoms with van der Waals surface area (Å²) in [6.07, 6.45) is 4.15. The Bertz CT molecular complexity index is 638. The van der Waals surface area contributed by atoms with E-state index in [4.69, 9.17) is 23.2 Å². The molecule has 3 rings (SSSR count). The van der Waals surface area contributed by atoms with Crippen LogP contribution in [0.5, 0.6) is 0 Å². The minimum absolute atomic E-state index is 0.212. The van der Waals surface area contributed by atoms with Gasteiger partial charge in [0.1, 0.15) is 0 Å². The first-order valence-corrected chi connectivity index (χ1v) is 10.9. The van der Waals surface area contributed by atoms with Gasteiger partial charge in [-0.3, -0.25) is 9.69 Å². The van der Waals surface area contributed by atoms with Crippen LogP contribution >= 0.6 is 23.2 Å². The van der Waals surface area contributed by atoms with Crippen LogP contribution in [0.1, 0.15) is 39.5 Å². The van der Waals surface area contributed by atoms with Gasteiger partial charge in [0.2, 0.25) is 5.91 Å². The zero-order valence-electron chi connectivity index (χ0n) is 16.4. The number of hydrogen-bond donors (Lipinski definition) is 1. The fourth-order valence-electron chi connectivity index (χ4n) is 4.06. The van der Waals surface area contributed by atoms with Crippen molar-refractivity contribution < 1.29 is 4.79 Å². The fraction of sp³-hybridized carbons (Fsp3) is 0.667. The molecule has 1 aromatic carbocycles. The van der Waals surface area contributed by atoms with Gasteiger partial charge in [-0.25, -0.2) is 0 Å². The molecule has 1 amide bonds. The maximum absolute atomic E-state index is 11.8. The molecule has 1 aliphatic carbocycles. The molecule has 2 aliphatic rings. The number of rotatable bonds is 7. The molecule has 0 radical (unpaired) electrons. The first kappa shape index (κ1) is 20.8. The van der Waals surface area contributed by atoms with Gasteiger partial charge in [0.15, 0.2) is 0 Å². The molecule has 0 spiro atoms. The van der Waals surface area contributed by atoms with E-state index in [1.165, 1.54) is 6.42 Å². The number of carbonyl (C=O) groups is 1. The summed E-state index contributed by atoms with van der Waals surface area (Å²) in [5.74, 6) is 1.40. The van der Waals surface area contributed by atoms with Gasteiger partial charge in [0.05, 0.1) is 15.7 Å². The fourth-order valence-corrected chi connectivity index (χ4v) is 4.48. The zero-order valence-corrected chi connectivity index (χ0v) is 17.9. The van der Waals surface area contributed by atoms with Crippen molar-refractivity contribution in [3.63, 3.8) is 0 Å². The molecule has 1 heterocycles. The van der Waals surface area contributed by atoms with Crippen molar-refractivity contribution in [2.24, 2.45) is 11.8 Å². The lowest BCUT2D eigenvalue weighted by atomic mass is 9.78.